The Balaban J connectivity index is 2.19. The number of halogens is 1. The lowest BCUT2D eigenvalue weighted by atomic mass is 10.0. The van der Waals surface area contributed by atoms with Crippen LogP contribution in [-0.4, -0.2) is 72.3 Å². The quantitative estimate of drug-likeness (QED) is 0.442. The monoisotopic (exact) mass is 497 g/mol. The van der Waals surface area contributed by atoms with Crippen molar-refractivity contribution in [3.63, 3.8) is 0 Å². The maximum atomic E-state index is 13.5. The number of carbonyl (C=O) groups excluding carboxylic acids is 2. The zero-order chi connectivity index (χ0) is 25.3. The fourth-order valence-corrected chi connectivity index (χ4v) is 5.85. The van der Waals surface area contributed by atoms with Crippen molar-refractivity contribution < 1.29 is 22.4 Å². The van der Waals surface area contributed by atoms with Crippen LogP contribution < -0.4 is 0 Å². The van der Waals surface area contributed by atoms with Gasteiger partial charge in [-0.05, 0) is 49.3 Å². The number of piperidine rings is 1. The molecule has 1 aliphatic heterocycles. The smallest absolute Gasteiger partial charge is 0.238 e. The Kier molecular flexibility index (Phi) is 11.0. The minimum atomic E-state index is -3.52. The van der Waals surface area contributed by atoms with Gasteiger partial charge in [0.25, 0.3) is 0 Å². The maximum absolute atomic E-state index is 13.5. The Morgan fingerprint density at radius 1 is 1.09 bits per heavy atom. The maximum Gasteiger partial charge on any atom is 0.238 e. The van der Waals surface area contributed by atoms with E-state index in [1.54, 1.807) is 24.0 Å². The van der Waals surface area contributed by atoms with Crippen molar-refractivity contribution in [2.75, 3.05) is 31.9 Å². The van der Waals surface area contributed by atoms with Gasteiger partial charge in [-0.15, -0.1) is 0 Å². The van der Waals surface area contributed by atoms with Crippen LogP contribution in [0.2, 0.25) is 0 Å². The van der Waals surface area contributed by atoms with E-state index in [1.807, 2.05) is 25.7 Å². The van der Waals surface area contributed by atoms with Gasteiger partial charge in [0.1, 0.15) is 5.82 Å². The zero-order valence-corrected chi connectivity index (χ0v) is 21.8. The fraction of sp³-hybridized carbons (Fsp3) is 0.680. The summed E-state index contributed by atoms with van der Waals surface area (Å²) in [6, 6.07) is 5.90. The molecule has 192 valence electrons. The van der Waals surface area contributed by atoms with Crippen LogP contribution in [0.4, 0.5) is 4.39 Å². The van der Waals surface area contributed by atoms with Crippen LogP contribution in [-0.2, 0) is 26.2 Å². The number of likely N-dealkylation sites (tertiary alicyclic amines) is 1. The van der Waals surface area contributed by atoms with Gasteiger partial charge in [0, 0.05) is 38.6 Å². The number of rotatable bonds is 12. The van der Waals surface area contributed by atoms with Gasteiger partial charge in [0.2, 0.25) is 21.8 Å². The standard InChI is InChI=1S/C25H40FN3O4S/c1-5-13-28(34(32,33)16-6-2)19-25(31)29(18-21-7-9-22(26)10-8-21)23-11-14-27(15-12-23)24(30)17-20(3)4/h7-10,20,23H,5-6,11-19H2,1-4H3. The number of hydrogen-bond acceptors (Lipinski definition) is 4. The second kappa shape index (κ2) is 13.2. The molecule has 0 aromatic heterocycles. The summed E-state index contributed by atoms with van der Waals surface area (Å²) in [5.41, 5.74) is 0.784. The van der Waals surface area contributed by atoms with E-state index in [0.29, 0.717) is 51.7 Å². The molecule has 1 fully saturated rings. The number of benzene rings is 1. The average Bonchev–Trinajstić information content (AvgIpc) is 2.78. The molecule has 0 saturated carbocycles. The highest BCUT2D eigenvalue weighted by Gasteiger charge is 2.32. The molecule has 1 heterocycles. The van der Waals surface area contributed by atoms with Gasteiger partial charge in [-0.25, -0.2) is 12.8 Å². The van der Waals surface area contributed by atoms with Crippen molar-refractivity contribution in [3.8, 4) is 0 Å². The minimum Gasteiger partial charge on any atom is -0.343 e. The highest BCUT2D eigenvalue weighted by atomic mass is 32.2. The van der Waals surface area contributed by atoms with Crippen molar-refractivity contribution in [1.29, 1.82) is 0 Å². The summed E-state index contributed by atoms with van der Waals surface area (Å²) in [5, 5.41) is 0. The van der Waals surface area contributed by atoms with Crippen molar-refractivity contribution >= 4 is 21.8 Å². The summed E-state index contributed by atoms with van der Waals surface area (Å²) in [4.78, 5) is 29.5. The molecule has 0 unspecified atom stereocenters. The molecular weight excluding hydrogens is 457 g/mol. The summed E-state index contributed by atoms with van der Waals surface area (Å²) in [5.74, 6) is -0.182. The second-order valence-corrected chi connectivity index (χ2v) is 11.6. The van der Waals surface area contributed by atoms with Crippen LogP contribution >= 0.6 is 0 Å². The van der Waals surface area contributed by atoms with Crippen LogP contribution in [0.1, 0.15) is 65.4 Å². The van der Waals surface area contributed by atoms with Gasteiger partial charge >= 0.3 is 0 Å². The molecule has 2 amide bonds. The molecule has 0 atom stereocenters. The Labute approximate surface area is 204 Å². The molecule has 0 aliphatic carbocycles. The summed E-state index contributed by atoms with van der Waals surface area (Å²) < 4.78 is 40.2. The van der Waals surface area contributed by atoms with Crippen LogP contribution in [0.25, 0.3) is 0 Å². The Morgan fingerprint density at radius 2 is 1.71 bits per heavy atom. The molecule has 7 nitrogen and oxygen atoms in total. The number of nitrogens with zero attached hydrogens (tertiary/aromatic N) is 3. The third-order valence-corrected chi connectivity index (χ3v) is 8.09. The van der Waals surface area contributed by atoms with E-state index >= 15 is 0 Å². The molecular formula is C25H40FN3O4S. The second-order valence-electron chi connectivity index (χ2n) is 9.51. The third-order valence-electron chi connectivity index (χ3n) is 6.07. The number of hydrogen-bond donors (Lipinski definition) is 0. The first-order chi connectivity index (χ1) is 16.1. The van der Waals surface area contributed by atoms with E-state index in [0.717, 1.165) is 5.56 Å². The van der Waals surface area contributed by atoms with Gasteiger partial charge < -0.3 is 9.80 Å². The van der Waals surface area contributed by atoms with Gasteiger partial charge in [-0.3, -0.25) is 9.59 Å². The van der Waals surface area contributed by atoms with E-state index in [4.69, 9.17) is 0 Å². The summed E-state index contributed by atoms with van der Waals surface area (Å²) in [7, 11) is -3.52. The molecule has 1 saturated heterocycles. The first-order valence-electron chi connectivity index (χ1n) is 12.4. The lowest BCUT2D eigenvalue weighted by Crippen LogP contribution is -2.51. The molecule has 34 heavy (non-hydrogen) atoms. The lowest BCUT2D eigenvalue weighted by Gasteiger charge is -2.39. The first-order valence-corrected chi connectivity index (χ1v) is 14.0. The largest absolute Gasteiger partial charge is 0.343 e. The molecule has 0 radical (unpaired) electrons. The Morgan fingerprint density at radius 3 is 2.24 bits per heavy atom. The van der Waals surface area contributed by atoms with E-state index in [2.05, 4.69) is 0 Å². The lowest BCUT2D eigenvalue weighted by molar-refractivity contribution is -0.137. The Bertz CT molecular complexity index is 897. The van der Waals surface area contributed by atoms with Crippen LogP contribution in [0, 0.1) is 11.7 Å². The van der Waals surface area contributed by atoms with Crippen LogP contribution in [0.15, 0.2) is 24.3 Å². The molecule has 2 rings (SSSR count). The van der Waals surface area contributed by atoms with Crippen molar-refractivity contribution in [2.24, 2.45) is 5.92 Å². The topological polar surface area (TPSA) is 78.0 Å². The van der Waals surface area contributed by atoms with Crippen molar-refractivity contribution in [3.05, 3.63) is 35.6 Å². The molecule has 0 bridgehead atoms. The molecule has 0 N–H and O–H groups in total. The predicted octanol–water partition coefficient (Wildman–Crippen LogP) is 3.64. The van der Waals surface area contributed by atoms with E-state index in [-0.39, 0.29) is 48.4 Å². The van der Waals surface area contributed by atoms with Crippen molar-refractivity contribution in [2.45, 2.75) is 72.4 Å². The molecule has 9 heteroatoms. The Hall–Kier alpha value is -2.00. The minimum absolute atomic E-state index is 0.00853. The number of sulfonamides is 1. The van der Waals surface area contributed by atoms with E-state index in [9.17, 15) is 22.4 Å². The molecule has 1 aromatic rings. The molecule has 1 aliphatic rings. The van der Waals surface area contributed by atoms with Gasteiger partial charge in [-0.2, -0.15) is 4.31 Å². The van der Waals surface area contributed by atoms with Gasteiger partial charge in [0.05, 0.1) is 12.3 Å². The summed E-state index contributed by atoms with van der Waals surface area (Å²) >= 11 is 0. The number of carbonyl (C=O) groups is 2. The highest BCUT2D eigenvalue weighted by molar-refractivity contribution is 7.89. The van der Waals surface area contributed by atoms with Gasteiger partial charge in [-0.1, -0.05) is 39.8 Å². The van der Waals surface area contributed by atoms with E-state index < -0.39 is 10.0 Å². The predicted molar refractivity (Wildman–Crippen MR) is 132 cm³/mol. The first kappa shape index (κ1) is 28.2. The molecule has 1 aromatic carbocycles. The average molecular weight is 498 g/mol. The summed E-state index contributed by atoms with van der Waals surface area (Å²) in [6.45, 7) is 9.22. The fourth-order valence-electron chi connectivity index (χ4n) is 4.31. The van der Waals surface area contributed by atoms with Gasteiger partial charge in [0.15, 0.2) is 0 Å². The normalized spacial score (nSPS) is 15.2. The highest BCUT2D eigenvalue weighted by Crippen LogP contribution is 2.22. The van der Waals surface area contributed by atoms with E-state index in [1.165, 1.54) is 16.4 Å². The molecule has 0 spiro atoms. The number of amides is 2. The van der Waals surface area contributed by atoms with Crippen LogP contribution in [0.5, 0.6) is 0 Å². The SMILES string of the molecule is CCCN(CC(=O)N(Cc1ccc(F)cc1)C1CCN(C(=O)CC(C)C)CC1)S(=O)(=O)CCC. The zero-order valence-electron chi connectivity index (χ0n) is 21.0. The van der Waals surface area contributed by atoms with Crippen LogP contribution in [0.3, 0.4) is 0 Å². The summed E-state index contributed by atoms with van der Waals surface area (Å²) in [6.07, 6.45) is 2.87. The third kappa shape index (κ3) is 8.34. The van der Waals surface area contributed by atoms with Crippen molar-refractivity contribution in [1.82, 2.24) is 14.1 Å².